The van der Waals surface area contributed by atoms with E-state index in [0.29, 0.717) is 0 Å². The van der Waals surface area contributed by atoms with E-state index in [2.05, 4.69) is 61.2 Å². The number of aryl methyl sites for hydroxylation is 1. The smallest absolute Gasteiger partial charge is 0.0811 e. The minimum Gasteiger partial charge on any atom is -0.216 e. The zero-order chi connectivity index (χ0) is 10.8. The largest absolute Gasteiger partial charge is 0.216 e. The average Bonchev–Trinajstić information content (AvgIpc) is 2.69. The van der Waals surface area contributed by atoms with E-state index in [1.54, 1.807) is 6.20 Å². The Morgan fingerprint density at radius 3 is 2.93 bits per heavy atom. The van der Waals surface area contributed by atoms with Crippen LogP contribution in [0.15, 0.2) is 28.9 Å². The molecule has 0 saturated heterocycles. The van der Waals surface area contributed by atoms with Crippen molar-refractivity contribution < 1.29 is 0 Å². The number of benzene rings is 1. The van der Waals surface area contributed by atoms with Crippen LogP contribution in [0.4, 0.5) is 0 Å². The lowest BCUT2D eigenvalue weighted by Gasteiger charge is -2.07. The fraction of sp³-hybridized carbons (Fsp3) is 0.200. The molecule has 2 rings (SSSR count). The average molecular weight is 331 g/mol. The Bertz CT molecular complexity index is 479. The van der Waals surface area contributed by atoms with Crippen LogP contribution in [0.5, 0.6) is 0 Å². The molecule has 0 aliphatic rings. The number of hydrogen-bond acceptors (Lipinski definition) is 2. The normalized spacial score (nSPS) is 10.6. The van der Waals surface area contributed by atoms with Gasteiger partial charge in [-0.15, -0.1) is 5.10 Å². The Labute approximate surface area is 105 Å². The quantitative estimate of drug-likeness (QED) is 0.791. The summed E-state index contributed by atoms with van der Waals surface area (Å²) in [5.41, 5.74) is 3.24. The first-order valence-corrected chi connectivity index (χ1v) is 6.36. The van der Waals surface area contributed by atoms with E-state index in [1.807, 2.05) is 10.7 Å². The molecule has 0 spiro atoms. The van der Waals surface area contributed by atoms with Crippen molar-refractivity contribution in [2.75, 3.05) is 0 Å². The van der Waals surface area contributed by atoms with Gasteiger partial charge >= 0.3 is 0 Å². The van der Waals surface area contributed by atoms with Crippen LogP contribution >= 0.6 is 31.9 Å². The van der Waals surface area contributed by atoms with Crippen LogP contribution in [0.2, 0.25) is 0 Å². The monoisotopic (exact) mass is 329 g/mol. The van der Waals surface area contributed by atoms with Crippen molar-refractivity contribution in [3.8, 4) is 5.69 Å². The molecule has 5 heteroatoms. The molecule has 3 nitrogen and oxygen atoms in total. The third kappa shape index (κ3) is 2.13. The van der Waals surface area contributed by atoms with Gasteiger partial charge in [0.1, 0.15) is 0 Å². The van der Waals surface area contributed by atoms with Crippen molar-refractivity contribution in [2.45, 2.75) is 12.3 Å². The molecule has 0 unspecified atom stereocenters. The highest BCUT2D eigenvalue weighted by Gasteiger charge is 2.08. The predicted octanol–water partition coefficient (Wildman–Crippen LogP) is 3.23. The summed E-state index contributed by atoms with van der Waals surface area (Å²) >= 11 is 6.92. The van der Waals surface area contributed by atoms with Gasteiger partial charge in [-0.3, -0.25) is 0 Å². The number of nitrogens with zero attached hydrogens (tertiary/aromatic N) is 3. The molecule has 0 bridgehead atoms. The van der Waals surface area contributed by atoms with Crippen LogP contribution in [-0.4, -0.2) is 15.0 Å². The van der Waals surface area contributed by atoms with E-state index >= 15 is 0 Å². The van der Waals surface area contributed by atoms with Gasteiger partial charge in [-0.25, -0.2) is 4.68 Å². The highest BCUT2D eigenvalue weighted by molar-refractivity contribution is 9.10. The van der Waals surface area contributed by atoms with Crippen molar-refractivity contribution in [3.05, 3.63) is 40.1 Å². The van der Waals surface area contributed by atoms with Gasteiger partial charge in [0.25, 0.3) is 0 Å². The van der Waals surface area contributed by atoms with Gasteiger partial charge < -0.3 is 0 Å². The fourth-order valence-corrected chi connectivity index (χ4v) is 2.13. The summed E-state index contributed by atoms with van der Waals surface area (Å²) in [6.07, 6.45) is 1.75. The number of aromatic nitrogens is 3. The van der Waals surface area contributed by atoms with Gasteiger partial charge in [0.05, 0.1) is 17.6 Å². The molecule has 0 atom stereocenters. The van der Waals surface area contributed by atoms with Crippen LogP contribution in [0, 0.1) is 6.92 Å². The molecular weight excluding hydrogens is 322 g/mol. The van der Waals surface area contributed by atoms with Gasteiger partial charge in [-0.2, -0.15) is 0 Å². The van der Waals surface area contributed by atoms with Crippen LogP contribution in [-0.2, 0) is 5.33 Å². The van der Waals surface area contributed by atoms with E-state index in [4.69, 9.17) is 0 Å². The number of hydrogen-bond donors (Lipinski definition) is 0. The first kappa shape index (κ1) is 10.8. The second kappa shape index (κ2) is 4.45. The van der Waals surface area contributed by atoms with Crippen LogP contribution in [0.25, 0.3) is 5.69 Å². The Morgan fingerprint density at radius 1 is 1.40 bits per heavy atom. The first-order chi connectivity index (χ1) is 7.22. The van der Waals surface area contributed by atoms with E-state index < -0.39 is 0 Å². The Kier molecular flexibility index (Phi) is 3.21. The Morgan fingerprint density at radius 2 is 2.20 bits per heavy atom. The van der Waals surface area contributed by atoms with Crippen molar-refractivity contribution >= 4 is 31.9 Å². The Balaban J connectivity index is 2.58. The molecular formula is C10H9Br2N3. The minimum absolute atomic E-state index is 0.736. The maximum Gasteiger partial charge on any atom is 0.0811 e. The van der Waals surface area contributed by atoms with Crippen molar-refractivity contribution in [2.24, 2.45) is 0 Å². The molecule has 0 aliphatic heterocycles. The second-order valence-electron chi connectivity index (χ2n) is 3.23. The zero-order valence-electron chi connectivity index (χ0n) is 8.11. The van der Waals surface area contributed by atoms with Crippen LogP contribution in [0.3, 0.4) is 0 Å². The summed E-state index contributed by atoms with van der Waals surface area (Å²) in [6, 6.07) is 6.15. The molecule has 1 heterocycles. The second-order valence-corrected chi connectivity index (χ2v) is 4.64. The van der Waals surface area contributed by atoms with E-state index in [9.17, 15) is 0 Å². The molecule has 0 radical (unpaired) electrons. The van der Waals surface area contributed by atoms with E-state index in [0.717, 1.165) is 21.2 Å². The van der Waals surface area contributed by atoms with E-state index in [1.165, 1.54) is 5.56 Å². The molecule has 0 N–H and O–H groups in total. The summed E-state index contributed by atoms with van der Waals surface area (Å²) in [4.78, 5) is 0. The third-order valence-electron chi connectivity index (χ3n) is 2.09. The molecule has 0 saturated carbocycles. The SMILES string of the molecule is Cc1ccc(Br)c(-n2nncc2CBr)c1. The predicted molar refractivity (Wildman–Crippen MR) is 66.4 cm³/mol. The lowest BCUT2D eigenvalue weighted by atomic mass is 10.2. The number of halogens is 2. The minimum atomic E-state index is 0.736. The van der Waals surface area contributed by atoms with Crippen molar-refractivity contribution in [3.63, 3.8) is 0 Å². The van der Waals surface area contributed by atoms with Gasteiger partial charge in [0.15, 0.2) is 0 Å². The molecule has 15 heavy (non-hydrogen) atoms. The van der Waals surface area contributed by atoms with Gasteiger partial charge in [-0.05, 0) is 40.5 Å². The summed E-state index contributed by atoms with van der Waals surface area (Å²) in [5, 5.41) is 8.70. The van der Waals surface area contributed by atoms with Gasteiger partial charge in [0, 0.05) is 9.80 Å². The summed E-state index contributed by atoms with van der Waals surface area (Å²) in [7, 11) is 0. The highest BCUT2D eigenvalue weighted by Crippen LogP contribution is 2.23. The molecule has 0 fully saturated rings. The van der Waals surface area contributed by atoms with Gasteiger partial charge in [-0.1, -0.05) is 27.2 Å². The molecule has 1 aromatic carbocycles. The van der Waals surface area contributed by atoms with Crippen molar-refractivity contribution in [1.29, 1.82) is 0 Å². The maximum atomic E-state index is 4.07. The maximum absolute atomic E-state index is 4.07. The Hall–Kier alpha value is -0.680. The zero-order valence-corrected chi connectivity index (χ0v) is 11.3. The fourth-order valence-electron chi connectivity index (χ4n) is 1.34. The summed E-state index contributed by atoms with van der Waals surface area (Å²) < 4.78 is 2.84. The molecule has 1 aromatic heterocycles. The number of alkyl halides is 1. The summed E-state index contributed by atoms with van der Waals surface area (Å²) in [6.45, 7) is 2.06. The lowest BCUT2D eigenvalue weighted by Crippen LogP contribution is -2.02. The van der Waals surface area contributed by atoms with E-state index in [-0.39, 0.29) is 0 Å². The molecule has 2 aromatic rings. The van der Waals surface area contributed by atoms with Gasteiger partial charge in [0.2, 0.25) is 0 Å². The molecule has 0 amide bonds. The lowest BCUT2D eigenvalue weighted by molar-refractivity contribution is 0.779. The summed E-state index contributed by atoms with van der Waals surface area (Å²) in [5.74, 6) is 0. The third-order valence-corrected chi connectivity index (χ3v) is 3.33. The van der Waals surface area contributed by atoms with Crippen molar-refractivity contribution in [1.82, 2.24) is 15.0 Å². The topological polar surface area (TPSA) is 30.7 Å². The first-order valence-electron chi connectivity index (χ1n) is 4.44. The highest BCUT2D eigenvalue weighted by atomic mass is 79.9. The molecule has 78 valence electrons. The number of rotatable bonds is 2. The van der Waals surface area contributed by atoms with Crippen LogP contribution < -0.4 is 0 Å². The standard InChI is InChI=1S/C10H9Br2N3/c1-7-2-3-9(12)10(4-7)15-8(5-11)6-13-14-15/h2-4,6H,5H2,1H3. The van der Waals surface area contributed by atoms with Crippen LogP contribution in [0.1, 0.15) is 11.3 Å². The molecule has 0 aliphatic carbocycles.